The zero-order chi connectivity index (χ0) is 30.2. The summed E-state index contributed by atoms with van der Waals surface area (Å²) in [6.45, 7) is 3.57. The highest BCUT2D eigenvalue weighted by atomic mass is 32.2. The van der Waals surface area contributed by atoms with Crippen LogP contribution in [0.3, 0.4) is 0 Å². The van der Waals surface area contributed by atoms with Crippen LogP contribution in [0, 0.1) is 29.6 Å². The molecule has 42 heavy (non-hydrogen) atoms. The molecule has 4 amide bonds. The maximum absolute atomic E-state index is 13.6. The fraction of sp³-hybridized carbons (Fsp3) is 0.688. The first-order chi connectivity index (χ1) is 20.2. The van der Waals surface area contributed by atoms with Crippen LogP contribution >= 0.6 is 11.8 Å². The Morgan fingerprint density at radius 1 is 0.905 bits per heavy atom. The largest absolute Gasteiger partial charge is 0.351 e. The van der Waals surface area contributed by atoms with Gasteiger partial charge >= 0.3 is 0 Å². The third kappa shape index (κ3) is 8.49. The number of carbonyl (C=O) groups excluding carboxylic acids is 4. The van der Waals surface area contributed by atoms with E-state index in [2.05, 4.69) is 21.3 Å². The predicted octanol–water partition coefficient (Wildman–Crippen LogP) is 2.38. The van der Waals surface area contributed by atoms with Gasteiger partial charge in [-0.05, 0) is 85.7 Å². The molecule has 9 nitrogen and oxygen atoms in total. The van der Waals surface area contributed by atoms with Gasteiger partial charge in [0, 0.05) is 12.5 Å². The first kappa shape index (κ1) is 32.3. The minimum absolute atomic E-state index is 0.0217. The predicted molar refractivity (Wildman–Crippen MR) is 166 cm³/mol. The molecule has 4 aliphatic carbocycles. The quantitative estimate of drug-likeness (QED) is 0.210. The highest BCUT2D eigenvalue weighted by molar-refractivity contribution is 7.98. The molecule has 0 aliphatic heterocycles. The van der Waals surface area contributed by atoms with Crippen LogP contribution in [-0.4, -0.2) is 66.3 Å². The Bertz CT molecular complexity index is 1060. The van der Waals surface area contributed by atoms with Crippen molar-refractivity contribution in [1.82, 2.24) is 21.3 Å². The van der Waals surface area contributed by atoms with Crippen molar-refractivity contribution in [3.63, 3.8) is 0 Å². The normalized spacial score (nSPS) is 26.9. The highest BCUT2D eigenvalue weighted by Crippen LogP contribution is 2.53. The van der Waals surface area contributed by atoms with E-state index in [0.29, 0.717) is 30.4 Å². The zero-order valence-electron chi connectivity index (χ0n) is 25.3. The molecule has 1 aromatic carbocycles. The van der Waals surface area contributed by atoms with Gasteiger partial charge in [0.1, 0.15) is 12.1 Å². The molecule has 4 bridgehead atoms. The number of hydrogen-bond donors (Lipinski definition) is 5. The average molecular weight is 600 g/mol. The number of amides is 4. The van der Waals surface area contributed by atoms with Gasteiger partial charge in [0.05, 0.1) is 12.6 Å². The second kappa shape index (κ2) is 15.2. The van der Waals surface area contributed by atoms with Gasteiger partial charge in [-0.2, -0.15) is 11.8 Å². The van der Waals surface area contributed by atoms with E-state index in [1.807, 2.05) is 50.4 Å². The molecule has 232 valence electrons. The summed E-state index contributed by atoms with van der Waals surface area (Å²) in [5, 5.41) is 11.6. The lowest BCUT2D eigenvalue weighted by Crippen LogP contribution is -2.60. The van der Waals surface area contributed by atoms with E-state index in [1.165, 1.54) is 32.1 Å². The Balaban J connectivity index is 1.35. The van der Waals surface area contributed by atoms with Gasteiger partial charge in [0.15, 0.2) is 0 Å². The summed E-state index contributed by atoms with van der Waals surface area (Å²) >= 11 is 1.57. The summed E-state index contributed by atoms with van der Waals surface area (Å²) < 4.78 is 0. The Kier molecular flexibility index (Phi) is 11.7. The minimum atomic E-state index is -0.798. The molecule has 4 fully saturated rings. The molecule has 1 unspecified atom stereocenters. The first-order valence-corrected chi connectivity index (χ1v) is 17.0. The molecule has 5 rings (SSSR count). The maximum Gasteiger partial charge on any atom is 0.243 e. The summed E-state index contributed by atoms with van der Waals surface area (Å²) in [6, 6.07) is 7.55. The van der Waals surface area contributed by atoms with Crippen molar-refractivity contribution in [3.8, 4) is 0 Å². The van der Waals surface area contributed by atoms with Crippen LogP contribution in [0.5, 0.6) is 0 Å². The number of hydrogen-bond acceptors (Lipinski definition) is 6. The van der Waals surface area contributed by atoms with Crippen LogP contribution in [0.2, 0.25) is 0 Å². The van der Waals surface area contributed by atoms with E-state index < -0.39 is 29.9 Å². The molecule has 4 aliphatic rings. The van der Waals surface area contributed by atoms with Crippen molar-refractivity contribution >= 4 is 35.4 Å². The number of nitrogens with one attached hydrogen (secondary N) is 4. The van der Waals surface area contributed by atoms with Gasteiger partial charge in [0.2, 0.25) is 23.6 Å². The van der Waals surface area contributed by atoms with E-state index >= 15 is 0 Å². The van der Waals surface area contributed by atoms with Crippen molar-refractivity contribution in [2.45, 2.75) is 89.4 Å². The molecule has 4 atom stereocenters. The SMILES string of the molecule is CCC(C)[C@H](N)C(=O)N[C@H](CCSC)C(=O)NCC(=O)N[C@@H](Cc1ccccc1)C(=O)NC1C2CC3CC(C2)CC1C3. The highest BCUT2D eigenvalue weighted by Gasteiger charge is 2.49. The Hall–Kier alpha value is -2.59. The van der Waals surface area contributed by atoms with E-state index in [4.69, 9.17) is 5.73 Å². The molecule has 10 heteroatoms. The number of rotatable bonds is 15. The standard InChI is InChI=1S/C32H49N5O4S/c1-4-19(2)28(33)32(41)36-25(10-11-42-3)30(39)34-18-27(38)35-26(17-20-8-6-5-7-9-20)31(40)37-29-23-13-21-12-22(15-23)16-24(29)14-21/h5-9,19,21-26,28-29H,4,10-18,33H2,1-3H3,(H,34,39)(H,35,38)(H,36,41)(H,37,40)/t19?,21?,22?,23?,24?,25-,26+,28+,29?/m1/s1. The second-order valence-electron chi connectivity index (χ2n) is 12.7. The number of benzene rings is 1. The van der Waals surface area contributed by atoms with Crippen LogP contribution in [-0.2, 0) is 25.6 Å². The topological polar surface area (TPSA) is 142 Å². The Morgan fingerprint density at radius 3 is 2.14 bits per heavy atom. The molecule has 0 heterocycles. The molecule has 6 N–H and O–H groups in total. The van der Waals surface area contributed by atoms with Crippen molar-refractivity contribution in [1.29, 1.82) is 0 Å². The molecular weight excluding hydrogens is 550 g/mol. The lowest BCUT2D eigenvalue weighted by Gasteiger charge is -2.54. The van der Waals surface area contributed by atoms with E-state index in [9.17, 15) is 19.2 Å². The number of nitrogens with two attached hydrogens (primary N) is 1. The fourth-order valence-corrected chi connectivity index (χ4v) is 7.78. The fourth-order valence-electron chi connectivity index (χ4n) is 7.31. The average Bonchev–Trinajstić information content (AvgIpc) is 2.98. The molecule has 0 spiro atoms. The molecule has 0 radical (unpaired) electrons. The van der Waals surface area contributed by atoms with Crippen molar-refractivity contribution in [2.75, 3.05) is 18.6 Å². The summed E-state index contributed by atoms with van der Waals surface area (Å²) in [6.07, 6.45) is 9.56. The van der Waals surface area contributed by atoms with Gasteiger partial charge in [-0.3, -0.25) is 19.2 Å². The van der Waals surface area contributed by atoms with Crippen LogP contribution in [0.4, 0.5) is 0 Å². The second-order valence-corrected chi connectivity index (χ2v) is 13.7. The van der Waals surface area contributed by atoms with E-state index in [0.717, 1.165) is 23.8 Å². The smallest absolute Gasteiger partial charge is 0.243 e. The van der Waals surface area contributed by atoms with Crippen LogP contribution in [0.1, 0.15) is 64.4 Å². The van der Waals surface area contributed by atoms with Gasteiger partial charge < -0.3 is 27.0 Å². The summed E-state index contributed by atoms with van der Waals surface area (Å²) in [5.74, 6) is 1.87. The van der Waals surface area contributed by atoms with Gasteiger partial charge in [-0.25, -0.2) is 0 Å². The van der Waals surface area contributed by atoms with Crippen LogP contribution in [0.25, 0.3) is 0 Å². The van der Waals surface area contributed by atoms with Crippen LogP contribution in [0.15, 0.2) is 30.3 Å². The lowest BCUT2D eigenvalue weighted by molar-refractivity contribution is -0.133. The molecule has 4 saturated carbocycles. The molecule has 0 aromatic heterocycles. The molecular formula is C32H49N5O4S. The molecule has 1 aromatic rings. The lowest BCUT2D eigenvalue weighted by atomic mass is 9.54. The number of carbonyl (C=O) groups is 4. The Labute approximate surface area is 254 Å². The Morgan fingerprint density at radius 2 is 1.55 bits per heavy atom. The maximum atomic E-state index is 13.6. The molecule has 0 saturated heterocycles. The van der Waals surface area contributed by atoms with Crippen LogP contribution < -0.4 is 27.0 Å². The first-order valence-electron chi connectivity index (χ1n) is 15.6. The van der Waals surface area contributed by atoms with Gasteiger partial charge in [-0.1, -0.05) is 50.6 Å². The summed E-state index contributed by atoms with van der Waals surface area (Å²) in [7, 11) is 0. The van der Waals surface area contributed by atoms with Gasteiger partial charge in [0.25, 0.3) is 0 Å². The monoisotopic (exact) mass is 599 g/mol. The van der Waals surface area contributed by atoms with E-state index in [-0.39, 0.29) is 30.3 Å². The summed E-state index contributed by atoms with van der Waals surface area (Å²) in [5.41, 5.74) is 7.02. The van der Waals surface area contributed by atoms with Crippen molar-refractivity contribution in [2.24, 2.45) is 35.3 Å². The third-order valence-electron chi connectivity index (χ3n) is 9.70. The third-order valence-corrected chi connectivity index (χ3v) is 10.3. The number of thioether (sulfide) groups is 1. The van der Waals surface area contributed by atoms with Crippen molar-refractivity contribution < 1.29 is 19.2 Å². The van der Waals surface area contributed by atoms with Gasteiger partial charge in [-0.15, -0.1) is 0 Å². The van der Waals surface area contributed by atoms with E-state index in [1.54, 1.807) is 11.8 Å². The zero-order valence-corrected chi connectivity index (χ0v) is 26.1. The minimum Gasteiger partial charge on any atom is -0.351 e. The summed E-state index contributed by atoms with van der Waals surface area (Å²) in [4.78, 5) is 52.4. The van der Waals surface area contributed by atoms with Crippen molar-refractivity contribution in [3.05, 3.63) is 35.9 Å².